The maximum Gasteiger partial charge on any atom is 0.258 e. The first-order valence-corrected chi connectivity index (χ1v) is 9.58. The lowest BCUT2D eigenvalue weighted by molar-refractivity contribution is -0.130. The molecule has 2 N–H and O–H groups in total. The summed E-state index contributed by atoms with van der Waals surface area (Å²) in [6.07, 6.45) is 7.92. The van der Waals surface area contributed by atoms with Crippen LogP contribution in [0.2, 0.25) is 0 Å². The van der Waals surface area contributed by atoms with Gasteiger partial charge in [0.15, 0.2) is 0 Å². The molecule has 7 heteroatoms. The van der Waals surface area contributed by atoms with Crippen LogP contribution in [0.4, 0.5) is 8.78 Å². The first kappa shape index (κ1) is 19.1. The number of aromatic nitrogens is 1. The number of aromatic amines is 1. The third-order valence-corrected chi connectivity index (χ3v) is 5.33. The van der Waals surface area contributed by atoms with Crippen LogP contribution >= 0.6 is 0 Å². The maximum atomic E-state index is 13.8. The number of carbonyl (C=O) groups excluding carboxylic acids is 1. The van der Waals surface area contributed by atoms with Gasteiger partial charge in [0.05, 0.1) is 11.4 Å². The van der Waals surface area contributed by atoms with Gasteiger partial charge >= 0.3 is 0 Å². The Morgan fingerprint density at radius 3 is 2.86 bits per heavy atom. The molecule has 0 spiro atoms. The number of pyridine rings is 1. The Labute approximate surface area is 166 Å². The average Bonchev–Trinajstić information content (AvgIpc) is 2.72. The molecule has 0 aliphatic carbocycles. The highest BCUT2D eigenvalue weighted by Crippen LogP contribution is 2.20. The van der Waals surface area contributed by atoms with Crippen molar-refractivity contribution in [3.05, 3.63) is 82.0 Å². The van der Waals surface area contributed by atoms with Gasteiger partial charge in [-0.2, -0.15) is 0 Å². The number of hydrogen-bond acceptors (Lipinski definition) is 3. The zero-order chi connectivity index (χ0) is 20.4. The number of hydrogen-bond donors (Lipinski definition) is 2. The number of nitrogens with zero attached hydrogens (tertiary/aromatic N) is 1. The topological polar surface area (TPSA) is 65.2 Å². The van der Waals surface area contributed by atoms with E-state index in [9.17, 15) is 18.4 Å². The number of allylic oxidation sites excluding steroid dienone is 2. The van der Waals surface area contributed by atoms with Gasteiger partial charge in [-0.05, 0) is 42.0 Å². The van der Waals surface area contributed by atoms with Crippen LogP contribution in [0.1, 0.15) is 18.5 Å². The lowest BCUT2D eigenvalue weighted by Gasteiger charge is -2.30. The maximum absolute atomic E-state index is 13.8. The molecule has 1 unspecified atom stereocenters. The van der Waals surface area contributed by atoms with E-state index in [1.54, 1.807) is 29.2 Å². The fourth-order valence-electron chi connectivity index (χ4n) is 3.75. The van der Waals surface area contributed by atoms with Crippen molar-refractivity contribution in [2.75, 3.05) is 13.1 Å². The number of nitrogens with one attached hydrogen (secondary N) is 2. The summed E-state index contributed by atoms with van der Waals surface area (Å²) >= 11 is 0. The second kappa shape index (κ2) is 8.03. The zero-order valence-electron chi connectivity index (χ0n) is 15.8. The van der Waals surface area contributed by atoms with E-state index in [1.807, 2.05) is 6.08 Å². The number of dihydropyridines is 1. The van der Waals surface area contributed by atoms with Gasteiger partial charge in [-0.25, -0.2) is 8.78 Å². The second-order valence-electron chi connectivity index (χ2n) is 7.23. The number of benzene rings is 1. The monoisotopic (exact) mass is 397 g/mol. The van der Waals surface area contributed by atoms with Crippen LogP contribution in [0.25, 0.3) is 10.8 Å². The Balaban J connectivity index is 1.37. The van der Waals surface area contributed by atoms with Crippen molar-refractivity contribution >= 4 is 16.7 Å². The molecule has 3 heterocycles. The van der Waals surface area contributed by atoms with Crippen molar-refractivity contribution in [2.24, 2.45) is 0 Å². The Bertz CT molecular complexity index is 1100. The molecule has 1 atom stereocenters. The summed E-state index contributed by atoms with van der Waals surface area (Å²) in [4.78, 5) is 29.1. The average molecular weight is 397 g/mol. The number of rotatable bonds is 4. The van der Waals surface area contributed by atoms with E-state index in [1.165, 1.54) is 18.3 Å². The van der Waals surface area contributed by atoms with Crippen molar-refractivity contribution in [3.63, 3.8) is 0 Å². The predicted octanol–water partition coefficient (Wildman–Crippen LogP) is 3.10. The largest absolute Gasteiger partial charge is 0.379 e. The summed E-state index contributed by atoms with van der Waals surface area (Å²) in [5.41, 5.74) is 1.27. The van der Waals surface area contributed by atoms with E-state index in [-0.39, 0.29) is 29.6 Å². The minimum atomic E-state index is -0.553. The first-order valence-electron chi connectivity index (χ1n) is 9.58. The van der Waals surface area contributed by atoms with Crippen molar-refractivity contribution in [1.29, 1.82) is 0 Å². The van der Waals surface area contributed by atoms with Gasteiger partial charge in [-0.1, -0.05) is 24.3 Å². The Kier molecular flexibility index (Phi) is 5.29. The SMILES string of the molecule is O=C(CCc1cc2cccc(F)c2c(=O)[nH]1)N1CC=C(C2C=CC(F)=CN2)CC1. The lowest BCUT2D eigenvalue weighted by Crippen LogP contribution is -2.38. The molecule has 1 aromatic carbocycles. The second-order valence-corrected chi connectivity index (χ2v) is 7.23. The summed E-state index contributed by atoms with van der Waals surface area (Å²) in [6, 6.07) is 6.18. The summed E-state index contributed by atoms with van der Waals surface area (Å²) in [5, 5.41) is 3.56. The fraction of sp³-hybridized carbons (Fsp3) is 0.273. The predicted molar refractivity (Wildman–Crippen MR) is 107 cm³/mol. The van der Waals surface area contributed by atoms with Gasteiger partial charge in [-0.15, -0.1) is 0 Å². The molecule has 0 saturated heterocycles. The van der Waals surface area contributed by atoms with E-state index < -0.39 is 11.4 Å². The third-order valence-electron chi connectivity index (χ3n) is 5.33. The van der Waals surface area contributed by atoms with Crippen molar-refractivity contribution < 1.29 is 13.6 Å². The normalized spacial score (nSPS) is 19.0. The van der Waals surface area contributed by atoms with Gasteiger partial charge in [0.1, 0.15) is 11.6 Å². The van der Waals surface area contributed by atoms with Crippen LogP contribution in [0.3, 0.4) is 0 Å². The van der Waals surface area contributed by atoms with E-state index in [0.29, 0.717) is 30.6 Å². The molecule has 0 fully saturated rings. The number of fused-ring (bicyclic) bond motifs is 1. The molecule has 1 aromatic heterocycles. The molecule has 0 radical (unpaired) electrons. The van der Waals surface area contributed by atoms with Crippen molar-refractivity contribution in [2.45, 2.75) is 25.3 Å². The molecular formula is C22H21F2N3O2. The number of aryl methyl sites for hydroxylation is 1. The quantitative estimate of drug-likeness (QED) is 0.780. The minimum absolute atomic E-state index is 0.00132. The fourth-order valence-corrected chi connectivity index (χ4v) is 3.75. The first-order chi connectivity index (χ1) is 14.0. The molecule has 2 aliphatic heterocycles. The van der Waals surface area contributed by atoms with E-state index in [0.717, 1.165) is 12.0 Å². The van der Waals surface area contributed by atoms with Gasteiger partial charge < -0.3 is 15.2 Å². The summed E-state index contributed by atoms with van der Waals surface area (Å²) in [6.45, 7) is 1.11. The number of amides is 1. The standard InChI is InChI=1S/C22H21F2N3O2/c23-16-4-6-19(25-13-16)14-8-10-27(11-9-14)20(28)7-5-17-12-15-2-1-3-18(24)21(15)22(29)26-17/h1-4,6,8,12-13,19,25H,5,7,9-11H2,(H,26,29). The van der Waals surface area contributed by atoms with Crippen LogP contribution in [-0.4, -0.2) is 34.9 Å². The third kappa shape index (κ3) is 4.13. The highest BCUT2D eigenvalue weighted by molar-refractivity contribution is 5.82. The van der Waals surface area contributed by atoms with Crippen LogP contribution in [0.5, 0.6) is 0 Å². The molecule has 2 aromatic rings. The van der Waals surface area contributed by atoms with Gasteiger partial charge in [-0.3, -0.25) is 9.59 Å². The molecule has 150 valence electrons. The van der Waals surface area contributed by atoms with Gasteiger partial charge in [0.25, 0.3) is 5.56 Å². The molecule has 0 bridgehead atoms. The highest BCUT2D eigenvalue weighted by Gasteiger charge is 2.21. The van der Waals surface area contributed by atoms with Crippen molar-refractivity contribution in [3.8, 4) is 0 Å². The van der Waals surface area contributed by atoms with Crippen LogP contribution in [-0.2, 0) is 11.2 Å². The zero-order valence-corrected chi connectivity index (χ0v) is 15.8. The number of H-pyrrole nitrogens is 1. The molecule has 5 nitrogen and oxygen atoms in total. The molecule has 1 amide bonds. The molecule has 29 heavy (non-hydrogen) atoms. The summed E-state index contributed by atoms with van der Waals surface area (Å²) in [5.74, 6) is -0.856. The summed E-state index contributed by atoms with van der Waals surface area (Å²) in [7, 11) is 0. The van der Waals surface area contributed by atoms with Gasteiger partial charge in [0.2, 0.25) is 5.91 Å². The lowest BCUT2D eigenvalue weighted by atomic mass is 9.98. The highest BCUT2D eigenvalue weighted by atomic mass is 19.1. The number of carbonyl (C=O) groups is 1. The molecule has 0 saturated carbocycles. The van der Waals surface area contributed by atoms with E-state index in [4.69, 9.17) is 0 Å². The van der Waals surface area contributed by atoms with Crippen LogP contribution in [0.15, 0.2) is 64.9 Å². The molecular weight excluding hydrogens is 376 g/mol. The smallest absolute Gasteiger partial charge is 0.258 e. The molecule has 2 aliphatic rings. The van der Waals surface area contributed by atoms with E-state index >= 15 is 0 Å². The van der Waals surface area contributed by atoms with Crippen LogP contribution < -0.4 is 10.9 Å². The van der Waals surface area contributed by atoms with Crippen molar-refractivity contribution in [1.82, 2.24) is 15.2 Å². The number of halogens is 2. The van der Waals surface area contributed by atoms with Crippen LogP contribution in [0, 0.1) is 5.82 Å². The molecule has 4 rings (SSSR count). The Morgan fingerprint density at radius 2 is 2.14 bits per heavy atom. The minimum Gasteiger partial charge on any atom is -0.379 e. The van der Waals surface area contributed by atoms with E-state index in [2.05, 4.69) is 10.3 Å². The summed E-state index contributed by atoms with van der Waals surface area (Å²) < 4.78 is 26.9. The Morgan fingerprint density at radius 1 is 1.28 bits per heavy atom. The van der Waals surface area contributed by atoms with Gasteiger partial charge in [0, 0.05) is 31.4 Å². The Hall–Kier alpha value is -3.22.